The van der Waals surface area contributed by atoms with Crippen LogP contribution in [0.2, 0.25) is 0 Å². The summed E-state index contributed by atoms with van der Waals surface area (Å²) in [6.07, 6.45) is 11.0. The van der Waals surface area contributed by atoms with E-state index in [1.807, 2.05) is 23.1 Å². The van der Waals surface area contributed by atoms with Gasteiger partial charge in [-0.05, 0) is 89.2 Å². The Morgan fingerprint density at radius 2 is 1.58 bits per heavy atom. The van der Waals surface area contributed by atoms with Crippen LogP contribution in [0.3, 0.4) is 0 Å². The zero-order valence-electron chi connectivity index (χ0n) is 21.6. The number of anilines is 2. The molecule has 8 heteroatoms. The number of carbonyl (C=O) groups is 3. The third-order valence-corrected chi connectivity index (χ3v) is 8.24. The molecule has 4 aliphatic heterocycles. The summed E-state index contributed by atoms with van der Waals surface area (Å²) >= 11 is 0. The predicted molar refractivity (Wildman–Crippen MR) is 141 cm³/mol. The van der Waals surface area contributed by atoms with Crippen LogP contribution in [-0.2, 0) is 9.59 Å². The summed E-state index contributed by atoms with van der Waals surface area (Å²) in [5.74, 6) is -0.139. The number of fused-ring (bicyclic) bond motifs is 3. The van der Waals surface area contributed by atoms with Crippen molar-refractivity contribution >= 4 is 29.1 Å². The topological polar surface area (TPSA) is 76.2 Å². The van der Waals surface area contributed by atoms with Crippen LogP contribution in [0.4, 0.5) is 11.4 Å². The Balaban J connectivity index is 1.26. The standard InChI is InChI=1S/C28H41N5O3/c34-26(29-13-9-16-30-14-4-1-2-5-15-30)21-33-25-20-22(27(35)31-17-7-8-18-31)11-12-23(25)32-19-6-3-10-24(32)28(33)36/h11-12,20,24H,1-10,13-19,21H2,(H,29,34)/t24-/m1/s1. The minimum atomic E-state index is -0.220. The Bertz CT molecular complexity index is 953. The van der Waals surface area contributed by atoms with Gasteiger partial charge >= 0.3 is 0 Å². The number of likely N-dealkylation sites (tertiary alicyclic amines) is 2. The van der Waals surface area contributed by atoms with Crippen molar-refractivity contribution in [2.45, 2.75) is 70.3 Å². The molecular weight excluding hydrogens is 454 g/mol. The van der Waals surface area contributed by atoms with Crippen LogP contribution < -0.4 is 15.1 Å². The van der Waals surface area contributed by atoms with Gasteiger partial charge in [0.05, 0.1) is 11.4 Å². The number of piperidine rings is 1. The number of nitrogens with one attached hydrogen (secondary N) is 1. The van der Waals surface area contributed by atoms with Crippen LogP contribution in [-0.4, -0.2) is 85.9 Å². The molecule has 1 N–H and O–H groups in total. The third kappa shape index (κ3) is 5.53. The number of rotatable bonds is 7. The third-order valence-electron chi connectivity index (χ3n) is 8.24. The molecule has 36 heavy (non-hydrogen) atoms. The Morgan fingerprint density at radius 1 is 0.861 bits per heavy atom. The van der Waals surface area contributed by atoms with Gasteiger partial charge in [0.25, 0.3) is 5.91 Å². The van der Waals surface area contributed by atoms with Gasteiger partial charge in [-0.1, -0.05) is 12.8 Å². The molecule has 3 fully saturated rings. The maximum Gasteiger partial charge on any atom is 0.253 e. The molecule has 0 bridgehead atoms. The van der Waals surface area contributed by atoms with Gasteiger partial charge < -0.3 is 20.0 Å². The van der Waals surface area contributed by atoms with Gasteiger partial charge in [0.15, 0.2) is 0 Å². The molecule has 1 atom stereocenters. The summed E-state index contributed by atoms with van der Waals surface area (Å²) in [4.78, 5) is 47.8. The Hall–Kier alpha value is -2.61. The van der Waals surface area contributed by atoms with Crippen LogP contribution in [0.25, 0.3) is 0 Å². The molecule has 196 valence electrons. The van der Waals surface area contributed by atoms with E-state index in [1.165, 1.54) is 25.7 Å². The van der Waals surface area contributed by atoms with E-state index < -0.39 is 0 Å². The lowest BCUT2D eigenvalue weighted by Gasteiger charge is -2.45. The van der Waals surface area contributed by atoms with Gasteiger partial charge in [-0.3, -0.25) is 19.3 Å². The Labute approximate surface area is 215 Å². The van der Waals surface area contributed by atoms with Crippen LogP contribution in [0.1, 0.15) is 74.6 Å². The summed E-state index contributed by atoms with van der Waals surface area (Å²) in [7, 11) is 0. The molecule has 0 saturated carbocycles. The predicted octanol–water partition coefficient (Wildman–Crippen LogP) is 3.01. The molecule has 5 rings (SSSR count). The average Bonchev–Trinajstić information content (AvgIpc) is 3.32. The van der Waals surface area contributed by atoms with E-state index in [-0.39, 0.29) is 30.3 Å². The van der Waals surface area contributed by atoms with Crippen LogP contribution >= 0.6 is 0 Å². The highest BCUT2D eigenvalue weighted by molar-refractivity contribution is 6.09. The lowest BCUT2D eigenvalue weighted by Crippen LogP contribution is -2.57. The van der Waals surface area contributed by atoms with Crippen LogP contribution in [0.15, 0.2) is 18.2 Å². The molecule has 8 nitrogen and oxygen atoms in total. The van der Waals surface area contributed by atoms with Gasteiger partial charge in [0.2, 0.25) is 11.8 Å². The number of carbonyl (C=O) groups excluding carboxylic acids is 3. The van der Waals surface area contributed by atoms with Gasteiger partial charge in [-0.15, -0.1) is 0 Å². The Kier molecular flexibility index (Phi) is 8.09. The smallest absolute Gasteiger partial charge is 0.253 e. The lowest BCUT2D eigenvalue weighted by atomic mass is 9.95. The van der Waals surface area contributed by atoms with E-state index in [0.29, 0.717) is 17.8 Å². The van der Waals surface area contributed by atoms with E-state index >= 15 is 0 Å². The quantitative estimate of drug-likeness (QED) is 0.589. The highest BCUT2D eigenvalue weighted by Crippen LogP contribution is 2.40. The first-order chi connectivity index (χ1) is 17.6. The fourth-order valence-electron chi connectivity index (χ4n) is 6.25. The molecule has 1 aromatic rings. The fraction of sp³-hybridized carbons (Fsp3) is 0.679. The zero-order chi connectivity index (χ0) is 24.9. The number of hydrogen-bond acceptors (Lipinski definition) is 5. The van der Waals surface area contributed by atoms with Crippen molar-refractivity contribution in [1.82, 2.24) is 15.1 Å². The molecule has 3 saturated heterocycles. The van der Waals surface area contributed by atoms with Gasteiger partial charge in [0, 0.05) is 31.7 Å². The molecule has 0 aromatic heterocycles. The average molecular weight is 496 g/mol. The number of nitrogens with zero attached hydrogens (tertiary/aromatic N) is 4. The second-order valence-corrected chi connectivity index (χ2v) is 10.8. The number of hydrogen-bond donors (Lipinski definition) is 1. The molecule has 0 unspecified atom stereocenters. The van der Waals surface area contributed by atoms with Crippen molar-refractivity contribution in [3.05, 3.63) is 23.8 Å². The first kappa shape index (κ1) is 25.1. The van der Waals surface area contributed by atoms with E-state index in [0.717, 1.165) is 83.5 Å². The second-order valence-electron chi connectivity index (χ2n) is 10.8. The summed E-state index contributed by atoms with van der Waals surface area (Å²) in [6, 6.07) is 5.49. The van der Waals surface area contributed by atoms with Gasteiger partial charge in [0.1, 0.15) is 12.6 Å². The van der Waals surface area contributed by atoms with Crippen molar-refractivity contribution < 1.29 is 14.4 Å². The van der Waals surface area contributed by atoms with Crippen LogP contribution in [0, 0.1) is 0 Å². The summed E-state index contributed by atoms with van der Waals surface area (Å²) < 4.78 is 0. The van der Waals surface area contributed by atoms with Crippen molar-refractivity contribution in [1.29, 1.82) is 0 Å². The van der Waals surface area contributed by atoms with Crippen molar-refractivity contribution in [3.8, 4) is 0 Å². The zero-order valence-corrected chi connectivity index (χ0v) is 21.6. The number of amides is 3. The Morgan fingerprint density at radius 3 is 2.36 bits per heavy atom. The van der Waals surface area contributed by atoms with Gasteiger partial charge in [-0.25, -0.2) is 0 Å². The highest BCUT2D eigenvalue weighted by Gasteiger charge is 2.40. The minimum absolute atomic E-state index is 0.00124. The van der Waals surface area contributed by atoms with Gasteiger partial charge in [-0.2, -0.15) is 0 Å². The monoisotopic (exact) mass is 495 g/mol. The van der Waals surface area contributed by atoms with E-state index in [9.17, 15) is 14.4 Å². The van der Waals surface area contributed by atoms with Crippen molar-refractivity contribution in [3.63, 3.8) is 0 Å². The molecule has 4 aliphatic rings. The summed E-state index contributed by atoms with van der Waals surface area (Å²) in [5.41, 5.74) is 2.26. The van der Waals surface area contributed by atoms with Crippen molar-refractivity contribution in [2.24, 2.45) is 0 Å². The SMILES string of the molecule is O=C(CN1C(=O)[C@H]2CCCCN2c2ccc(C(=O)N3CCCC3)cc21)NCCCN1CCCCCC1. The molecular formula is C28H41N5O3. The maximum atomic E-state index is 13.6. The largest absolute Gasteiger partial charge is 0.358 e. The molecule has 0 radical (unpaired) electrons. The maximum absolute atomic E-state index is 13.6. The molecule has 0 spiro atoms. The molecule has 3 amide bonds. The molecule has 0 aliphatic carbocycles. The first-order valence-corrected chi connectivity index (χ1v) is 14.1. The first-order valence-electron chi connectivity index (χ1n) is 14.1. The van der Waals surface area contributed by atoms with Crippen molar-refractivity contribution in [2.75, 3.05) is 62.2 Å². The molecule has 1 aromatic carbocycles. The van der Waals surface area contributed by atoms with E-state index in [1.54, 1.807) is 4.90 Å². The van der Waals surface area contributed by atoms with Crippen LogP contribution in [0.5, 0.6) is 0 Å². The lowest BCUT2D eigenvalue weighted by molar-refractivity contribution is -0.125. The highest BCUT2D eigenvalue weighted by atomic mass is 16.2. The van der Waals surface area contributed by atoms with E-state index in [4.69, 9.17) is 0 Å². The molecule has 4 heterocycles. The minimum Gasteiger partial charge on any atom is -0.358 e. The van der Waals surface area contributed by atoms with E-state index in [2.05, 4.69) is 15.1 Å². The second kappa shape index (κ2) is 11.6. The normalized spacial score (nSPS) is 22.7. The fourth-order valence-corrected chi connectivity index (χ4v) is 6.25. The summed E-state index contributed by atoms with van der Waals surface area (Å²) in [6.45, 7) is 6.34. The summed E-state index contributed by atoms with van der Waals surface area (Å²) in [5, 5.41) is 3.04. The number of benzene rings is 1.